The lowest BCUT2D eigenvalue weighted by Crippen LogP contribution is -2.30. The largest absolute Gasteiger partial charge is 0.361 e. The summed E-state index contributed by atoms with van der Waals surface area (Å²) in [6.07, 6.45) is 6.12. The molecule has 1 aliphatic rings. The van der Waals surface area contributed by atoms with Crippen LogP contribution in [-0.4, -0.2) is 30.0 Å². The molecular weight excluding hydrogens is 208 g/mol. The first-order valence-corrected chi connectivity index (χ1v) is 6.56. The number of fused-ring (bicyclic) bond motifs is 1. The Morgan fingerprint density at radius 3 is 2.82 bits per heavy atom. The number of para-hydroxylation sites is 1. The molecule has 1 N–H and O–H groups in total. The molecule has 0 radical (unpaired) electrons. The summed E-state index contributed by atoms with van der Waals surface area (Å²) in [6.45, 7) is 2.51. The number of rotatable bonds is 2. The van der Waals surface area contributed by atoms with Gasteiger partial charge < -0.3 is 9.88 Å². The number of likely N-dealkylation sites (tertiary alicyclic amines) is 1. The number of nitrogens with one attached hydrogen (secondary N) is 1. The lowest BCUT2D eigenvalue weighted by Gasteiger charge is -2.28. The summed E-state index contributed by atoms with van der Waals surface area (Å²) in [5.74, 6) is 0.866. The van der Waals surface area contributed by atoms with Crippen molar-refractivity contribution in [3.8, 4) is 0 Å². The van der Waals surface area contributed by atoms with E-state index in [1.807, 2.05) is 0 Å². The predicted octanol–water partition coefficient (Wildman–Crippen LogP) is 3.05. The Kier molecular flexibility index (Phi) is 2.89. The van der Waals surface area contributed by atoms with Gasteiger partial charge in [0, 0.05) is 17.1 Å². The smallest absolute Gasteiger partial charge is 0.0456 e. The maximum Gasteiger partial charge on any atom is 0.0456 e. The first kappa shape index (κ1) is 10.8. The molecule has 0 aliphatic carbocycles. The van der Waals surface area contributed by atoms with Crippen molar-refractivity contribution in [2.75, 3.05) is 20.1 Å². The number of piperidine rings is 1. The van der Waals surface area contributed by atoms with Gasteiger partial charge in [-0.1, -0.05) is 18.2 Å². The molecule has 2 heteroatoms. The molecular formula is C15H20N2. The Balaban J connectivity index is 1.76. The number of benzene rings is 1. The van der Waals surface area contributed by atoms with E-state index >= 15 is 0 Å². The summed E-state index contributed by atoms with van der Waals surface area (Å²) < 4.78 is 0. The zero-order valence-electron chi connectivity index (χ0n) is 10.4. The molecule has 1 aliphatic heterocycles. The molecule has 3 rings (SSSR count). The van der Waals surface area contributed by atoms with E-state index in [1.54, 1.807) is 0 Å². The van der Waals surface area contributed by atoms with E-state index in [4.69, 9.17) is 0 Å². The van der Waals surface area contributed by atoms with Gasteiger partial charge in [-0.25, -0.2) is 0 Å². The summed E-state index contributed by atoms with van der Waals surface area (Å²) in [5.41, 5.74) is 2.77. The van der Waals surface area contributed by atoms with Crippen molar-refractivity contribution in [2.24, 2.45) is 5.92 Å². The summed E-state index contributed by atoms with van der Waals surface area (Å²) in [7, 11) is 2.22. The minimum absolute atomic E-state index is 0.866. The molecule has 1 aromatic heterocycles. The minimum Gasteiger partial charge on any atom is -0.361 e. The molecule has 0 amide bonds. The fraction of sp³-hybridized carbons (Fsp3) is 0.467. The molecule has 1 fully saturated rings. The molecule has 17 heavy (non-hydrogen) atoms. The molecule has 0 atom stereocenters. The Labute approximate surface area is 103 Å². The monoisotopic (exact) mass is 228 g/mol. The highest BCUT2D eigenvalue weighted by atomic mass is 15.1. The van der Waals surface area contributed by atoms with Gasteiger partial charge in [-0.05, 0) is 56.9 Å². The average molecular weight is 228 g/mol. The van der Waals surface area contributed by atoms with Crippen LogP contribution in [-0.2, 0) is 6.42 Å². The number of aromatic amines is 1. The van der Waals surface area contributed by atoms with E-state index in [0.29, 0.717) is 0 Å². The van der Waals surface area contributed by atoms with Gasteiger partial charge in [0.1, 0.15) is 0 Å². The second-order valence-electron chi connectivity index (χ2n) is 5.31. The van der Waals surface area contributed by atoms with Crippen LogP contribution < -0.4 is 0 Å². The first-order valence-electron chi connectivity index (χ1n) is 6.56. The standard InChI is InChI=1S/C15H20N2/c1-17-8-6-12(7-9-17)10-13-11-16-15-5-3-2-4-14(13)15/h2-5,11-12,16H,6-10H2,1H3. The van der Waals surface area contributed by atoms with Crippen LogP contribution in [0, 0.1) is 5.92 Å². The van der Waals surface area contributed by atoms with Crippen LogP contribution in [0.15, 0.2) is 30.5 Å². The van der Waals surface area contributed by atoms with Gasteiger partial charge in [-0.3, -0.25) is 0 Å². The fourth-order valence-electron chi connectivity index (χ4n) is 2.88. The SMILES string of the molecule is CN1CCC(Cc2c[nH]c3ccccc23)CC1. The fourth-order valence-corrected chi connectivity index (χ4v) is 2.88. The first-order chi connectivity index (χ1) is 8.33. The highest BCUT2D eigenvalue weighted by Crippen LogP contribution is 2.25. The van der Waals surface area contributed by atoms with Gasteiger partial charge in [0.15, 0.2) is 0 Å². The summed E-state index contributed by atoms with van der Waals surface area (Å²) in [4.78, 5) is 5.81. The molecule has 0 saturated carbocycles. The van der Waals surface area contributed by atoms with Gasteiger partial charge in [0.2, 0.25) is 0 Å². The third-order valence-corrected chi connectivity index (χ3v) is 4.02. The van der Waals surface area contributed by atoms with E-state index in [9.17, 15) is 0 Å². The van der Waals surface area contributed by atoms with Crippen LogP contribution in [0.1, 0.15) is 18.4 Å². The Morgan fingerprint density at radius 1 is 1.24 bits per heavy atom. The van der Waals surface area contributed by atoms with Crippen LogP contribution in [0.25, 0.3) is 10.9 Å². The van der Waals surface area contributed by atoms with Crippen molar-refractivity contribution in [1.82, 2.24) is 9.88 Å². The summed E-state index contributed by atoms with van der Waals surface area (Å²) in [5, 5.41) is 1.41. The lowest BCUT2D eigenvalue weighted by atomic mass is 9.90. The number of hydrogen-bond acceptors (Lipinski definition) is 1. The highest BCUT2D eigenvalue weighted by Gasteiger charge is 2.18. The van der Waals surface area contributed by atoms with E-state index in [1.165, 1.54) is 48.8 Å². The lowest BCUT2D eigenvalue weighted by molar-refractivity contribution is 0.219. The van der Waals surface area contributed by atoms with Gasteiger partial charge in [0.25, 0.3) is 0 Å². The van der Waals surface area contributed by atoms with E-state index in [-0.39, 0.29) is 0 Å². The number of aromatic nitrogens is 1. The van der Waals surface area contributed by atoms with Crippen LogP contribution in [0.5, 0.6) is 0 Å². The van der Waals surface area contributed by atoms with Gasteiger partial charge in [-0.2, -0.15) is 0 Å². The van der Waals surface area contributed by atoms with Crippen molar-refractivity contribution in [1.29, 1.82) is 0 Å². The van der Waals surface area contributed by atoms with Crippen molar-refractivity contribution < 1.29 is 0 Å². The second-order valence-corrected chi connectivity index (χ2v) is 5.31. The third-order valence-electron chi connectivity index (χ3n) is 4.02. The van der Waals surface area contributed by atoms with Crippen LogP contribution in [0.3, 0.4) is 0 Å². The van der Waals surface area contributed by atoms with Crippen molar-refractivity contribution in [3.63, 3.8) is 0 Å². The molecule has 0 bridgehead atoms. The molecule has 2 heterocycles. The van der Waals surface area contributed by atoms with Crippen molar-refractivity contribution >= 4 is 10.9 Å². The maximum atomic E-state index is 3.38. The predicted molar refractivity (Wildman–Crippen MR) is 72.2 cm³/mol. The van der Waals surface area contributed by atoms with E-state index in [0.717, 1.165) is 5.92 Å². The minimum atomic E-state index is 0.866. The molecule has 2 nitrogen and oxygen atoms in total. The Morgan fingerprint density at radius 2 is 2.00 bits per heavy atom. The molecule has 2 aromatic rings. The van der Waals surface area contributed by atoms with E-state index in [2.05, 4.69) is 47.4 Å². The van der Waals surface area contributed by atoms with Crippen molar-refractivity contribution in [2.45, 2.75) is 19.3 Å². The quantitative estimate of drug-likeness (QED) is 0.837. The topological polar surface area (TPSA) is 19.0 Å². The Hall–Kier alpha value is -1.28. The second kappa shape index (κ2) is 4.53. The third kappa shape index (κ3) is 2.22. The molecule has 1 saturated heterocycles. The zero-order chi connectivity index (χ0) is 11.7. The van der Waals surface area contributed by atoms with Gasteiger partial charge in [-0.15, -0.1) is 0 Å². The highest BCUT2D eigenvalue weighted by molar-refractivity contribution is 5.83. The zero-order valence-corrected chi connectivity index (χ0v) is 10.4. The maximum absolute atomic E-state index is 3.38. The van der Waals surface area contributed by atoms with Gasteiger partial charge in [0.05, 0.1) is 0 Å². The molecule has 0 unspecified atom stereocenters. The van der Waals surface area contributed by atoms with Gasteiger partial charge >= 0.3 is 0 Å². The van der Waals surface area contributed by atoms with E-state index < -0.39 is 0 Å². The number of nitrogens with zero attached hydrogens (tertiary/aromatic N) is 1. The Bertz CT molecular complexity index is 492. The molecule has 90 valence electrons. The average Bonchev–Trinajstić information content (AvgIpc) is 2.76. The van der Waals surface area contributed by atoms with Crippen LogP contribution in [0.4, 0.5) is 0 Å². The summed E-state index contributed by atoms with van der Waals surface area (Å²) >= 11 is 0. The van der Waals surface area contributed by atoms with Crippen LogP contribution in [0.2, 0.25) is 0 Å². The normalized spacial score (nSPS) is 18.9. The summed E-state index contributed by atoms with van der Waals surface area (Å²) in [6, 6.07) is 8.62. The van der Waals surface area contributed by atoms with Crippen LogP contribution >= 0.6 is 0 Å². The number of hydrogen-bond donors (Lipinski definition) is 1. The molecule has 0 spiro atoms. The number of H-pyrrole nitrogens is 1. The van der Waals surface area contributed by atoms with Crippen molar-refractivity contribution in [3.05, 3.63) is 36.0 Å². The molecule has 1 aromatic carbocycles.